The highest BCUT2D eigenvalue weighted by Gasteiger charge is 2.62. The summed E-state index contributed by atoms with van der Waals surface area (Å²) in [6, 6.07) is 0. The number of hydrogen-bond acceptors (Lipinski definition) is 1. The van der Waals surface area contributed by atoms with Crippen LogP contribution in [0.15, 0.2) is 0 Å². The molecule has 1 amide bonds. The summed E-state index contributed by atoms with van der Waals surface area (Å²) in [5.74, 6) is -0.829. The molecule has 0 aromatic rings. The van der Waals surface area contributed by atoms with Crippen molar-refractivity contribution < 1.29 is 18.0 Å². The van der Waals surface area contributed by atoms with Crippen molar-refractivity contribution in [3.05, 3.63) is 0 Å². The normalized spacial score (nSPS) is 39.0. The molecule has 2 atom stereocenters. The summed E-state index contributed by atoms with van der Waals surface area (Å²) in [5, 5.41) is 2.11. The Labute approximate surface area is 73.5 Å². The highest BCUT2D eigenvalue weighted by Crippen LogP contribution is 2.47. The molecule has 0 radical (unpaired) electrons. The maximum Gasteiger partial charge on any atom is 0.411 e. The third-order valence-electron chi connectivity index (χ3n) is 3.03. The van der Waals surface area contributed by atoms with Crippen LogP contribution in [0.25, 0.3) is 0 Å². The Morgan fingerprint density at radius 1 is 1.46 bits per heavy atom. The third-order valence-corrected chi connectivity index (χ3v) is 3.03. The summed E-state index contributed by atoms with van der Waals surface area (Å²) in [6.07, 6.45) is -3.22. The van der Waals surface area contributed by atoms with Crippen molar-refractivity contribution in [2.75, 3.05) is 0 Å². The summed E-state index contributed by atoms with van der Waals surface area (Å²) in [7, 11) is 0. The molecule has 5 heteroatoms. The maximum atomic E-state index is 12.6. The first-order valence-electron chi connectivity index (χ1n) is 4.33. The smallest absolute Gasteiger partial charge is 0.342 e. The van der Waals surface area contributed by atoms with Crippen LogP contribution in [0, 0.1) is 5.92 Å². The molecule has 1 aliphatic heterocycles. The molecule has 0 aromatic carbocycles. The van der Waals surface area contributed by atoms with E-state index >= 15 is 0 Å². The van der Waals surface area contributed by atoms with E-state index in [0.29, 0.717) is 12.8 Å². The van der Waals surface area contributed by atoms with Gasteiger partial charge >= 0.3 is 6.18 Å². The zero-order valence-corrected chi connectivity index (χ0v) is 6.95. The summed E-state index contributed by atoms with van der Waals surface area (Å²) < 4.78 is 37.7. The lowest BCUT2D eigenvalue weighted by molar-refractivity contribution is -0.198. The Morgan fingerprint density at radius 2 is 2.15 bits per heavy atom. The summed E-state index contributed by atoms with van der Waals surface area (Å²) in [5.41, 5.74) is -1.90. The van der Waals surface area contributed by atoms with Gasteiger partial charge in [0, 0.05) is 5.92 Å². The van der Waals surface area contributed by atoms with Crippen LogP contribution in [0.3, 0.4) is 0 Å². The van der Waals surface area contributed by atoms with E-state index in [9.17, 15) is 18.0 Å². The number of alkyl halides is 3. The molecule has 2 fully saturated rings. The molecule has 1 aliphatic carbocycles. The largest absolute Gasteiger partial charge is 0.411 e. The van der Waals surface area contributed by atoms with Crippen molar-refractivity contribution in [3.8, 4) is 0 Å². The van der Waals surface area contributed by atoms with Crippen LogP contribution in [-0.4, -0.2) is 17.6 Å². The van der Waals surface area contributed by atoms with Crippen LogP contribution in [0.5, 0.6) is 0 Å². The van der Waals surface area contributed by atoms with Gasteiger partial charge in [0.25, 0.3) is 0 Å². The van der Waals surface area contributed by atoms with Gasteiger partial charge in [0.15, 0.2) is 0 Å². The van der Waals surface area contributed by atoms with E-state index in [1.54, 1.807) is 0 Å². The van der Waals surface area contributed by atoms with E-state index < -0.39 is 23.5 Å². The second-order valence-corrected chi connectivity index (χ2v) is 3.86. The topological polar surface area (TPSA) is 29.1 Å². The predicted molar refractivity (Wildman–Crippen MR) is 38.9 cm³/mol. The van der Waals surface area contributed by atoms with E-state index in [0.717, 1.165) is 0 Å². The Kier molecular flexibility index (Phi) is 1.63. The molecule has 0 aromatic heterocycles. The number of fused-ring (bicyclic) bond motifs is 2. The lowest BCUT2D eigenvalue weighted by Crippen LogP contribution is -2.53. The Morgan fingerprint density at radius 3 is 2.69 bits per heavy atom. The quantitative estimate of drug-likeness (QED) is 0.622. The minimum absolute atomic E-state index is 0.0404. The Bertz CT molecular complexity index is 250. The molecule has 2 unspecified atom stereocenters. The Balaban J connectivity index is 2.30. The zero-order valence-electron chi connectivity index (χ0n) is 6.95. The molecule has 1 heterocycles. The first-order chi connectivity index (χ1) is 5.95. The van der Waals surface area contributed by atoms with Crippen LogP contribution >= 0.6 is 0 Å². The minimum Gasteiger partial charge on any atom is -0.342 e. The van der Waals surface area contributed by atoms with Crippen LogP contribution in [0.2, 0.25) is 0 Å². The summed E-state index contributed by atoms with van der Waals surface area (Å²) in [6.45, 7) is 0. The van der Waals surface area contributed by atoms with Crippen molar-refractivity contribution in [1.29, 1.82) is 0 Å². The number of nitrogens with one attached hydrogen (secondary N) is 1. The fourth-order valence-corrected chi connectivity index (χ4v) is 2.28. The van der Waals surface area contributed by atoms with E-state index in [2.05, 4.69) is 5.32 Å². The van der Waals surface area contributed by atoms with Crippen LogP contribution in [0.1, 0.15) is 25.7 Å². The average Bonchev–Trinajstić information content (AvgIpc) is 2.23. The summed E-state index contributed by atoms with van der Waals surface area (Å²) in [4.78, 5) is 11.1. The van der Waals surface area contributed by atoms with Gasteiger partial charge in [-0.25, -0.2) is 0 Å². The number of hydrogen-bond donors (Lipinski definition) is 1. The second-order valence-electron chi connectivity index (χ2n) is 3.86. The highest BCUT2D eigenvalue weighted by atomic mass is 19.4. The number of carbonyl (C=O) groups is 1. The molecule has 2 aliphatic rings. The molecule has 1 N–H and O–H groups in total. The van der Waals surface area contributed by atoms with Gasteiger partial charge in [-0.15, -0.1) is 0 Å². The van der Waals surface area contributed by atoms with Crippen molar-refractivity contribution in [2.45, 2.75) is 37.4 Å². The zero-order chi connectivity index (χ0) is 9.69. The first kappa shape index (κ1) is 8.84. The van der Waals surface area contributed by atoms with Gasteiger partial charge in [-0.2, -0.15) is 13.2 Å². The van der Waals surface area contributed by atoms with E-state index in [1.807, 2.05) is 0 Å². The average molecular weight is 193 g/mol. The Hall–Kier alpha value is -0.740. The van der Waals surface area contributed by atoms with Crippen molar-refractivity contribution >= 4 is 5.91 Å². The molecule has 2 bridgehead atoms. The molecule has 1 saturated carbocycles. The number of carbonyl (C=O) groups excluding carboxylic acids is 1. The predicted octanol–water partition coefficient (Wildman–Crippen LogP) is 1.61. The molecular weight excluding hydrogens is 183 g/mol. The molecule has 2 nitrogen and oxygen atoms in total. The van der Waals surface area contributed by atoms with E-state index in [4.69, 9.17) is 0 Å². The van der Waals surface area contributed by atoms with Crippen LogP contribution in [-0.2, 0) is 4.79 Å². The standard InChI is InChI=1S/C8H10F3NO/c9-8(10,11)7-3-1-2-5(4-7)6(13)12-7/h5H,1-4H2,(H,12,13). The molecule has 1 saturated heterocycles. The third kappa shape index (κ3) is 1.13. The number of amides is 1. The summed E-state index contributed by atoms with van der Waals surface area (Å²) >= 11 is 0. The molecule has 13 heavy (non-hydrogen) atoms. The van der Waals surface area contributed by atoms with Gasteiger partial charge in [-0.05, 0) is 25.7 Å². The van der Waals surface area contributed by atoms with Gasteiger partial charge in [0.2, 0.25) is 5.91 Å². The van der Waals surface area contributed by atoms with Gasteiger partial charge in [-0.1, -0.05) is 0 Å². The molecule has 2 rings (SSSR count). The lowest BCUT2D eigenvalue weighted by Gasteiger charge is -2.33. The molecule has 0 spiro atoms. The van der Waals surface area contributed by atoms with E-state index in [1.165, 1.54) is 0 Å². The first-order valence-corrected chi connectivity index (χ1v) is 4.33. The highest BCUT2D eigenvalue weighted by molar-refractivity contribution is 5.82. The van der Waals surface area contributed by atoms with Crippen LogP contribution in [0.4, 0.5) is 13.2 Å². The number of rotatable bonds is 0. The molecular formula is C8H10F3NO. The lowest BCUT2D eigenvalue weighted by atomic mass is 9.80. The van der Waals surface area contributed by atoms with Gasteiger partial charge < -0.3 is 5.32 Å². The molecule has 74 valence electrons. The van der Waals surface area contributed by atoms with Crippen molar-refractivity contribution in [2.24, 2.45) is 5.92 Å². The maximum absolute atomic E-state index is 12.6. The SMILES string of the molecule is O=C1NC2(C(F)(F)F)CCCC1C2. The minimum atomic E-state index is -4.29. The van der Waals surface area contributed by atoms with Gasteiger partial charge in [0.05, 0.1) is 0 Å². The monoisotopic (exact) mass is 193 g/mol. The van der Waals surface area contributed by atoms with Gasteiger partial charge in [0.1, 0.15) is 5.54 Å². The van der Waals surface area contributed by atoms with E-state index in [-0.39, 0.29) is 12.8 Å². The van der Waals surface area contributed by atoms with Gasteiger partial charge in [-0.3, -0.25) is 4.79 Å². The fraction of sp³-hybridized carbons (Fsp3) is 0.875. The van der Waals surface area contributed by atoms with Crippen molar-refractivity contribution in [3.63, 3.8) is 0 Å². The fourth-order valence-electron chi connectivity index (χ4n) is 2.28. The van der Waals surface area contributed by atoms with Crippen LogP contribution < -0.4 is 5.32 Å². The van der Waals surface area contributed by atoms with Crippen molar-refractivity contribution in [1.82, 2.24) is 5.32 Å². The second kappa shape index (κ2) is 2.39. The number of halogens is 3.